The lowest BCUT2D eigenvalue weighted by molar-refractivity contribution is -0.272. The molecule has 198 valence electrons. The molecule has 0 spiro atoms. The first-order chi connectivity index (χ1) is 17.4. The molecule has 0 amide bonds. The number of aliphatic hydroxyl groups is 3. The van der Waals surface area contributed by atoms with Crippen LogP contribution in [0.2, 0.25) is 0 Å². The minimum atomic E-state index is -1.70. The van der Waals surface area contributed by atoms with Crippen LogP contribution in [0.15, 0.2) is 18.2 Å². The van der Waals surface area contributed by atoms with Crippen molar-refractivity contribution in [3.63, 3.8) is 0 Å². The minimum absolute atomic E-state index is 0.0665. The molecular formula is C26H29NO10. The summed E-state index contributed by atoms with van der Waals surface area (Å²) in [4.78, 5) is 26.7. The molecule has 0 bridgehead atoms. The average molecular weight is 516 g/mol. The van der Waals surface area contributed by atoms with Crippen LogP contribution in [0.1, 0.15) is 88.3 Å². The predicted molar refractivity (Wildman–Crippen MR) is 126 cm³/mol. The maximum Gasteiger partial charge on any atom is 0.202 e. The monoisotopic (exact) mass is 515 g/mol. The molecule has 1 heterocycles. The summed E-state index contributed by atoms with van der Waals surface area (Å²) in [6, 6.07) is 2.70. The molecule has 11 heteroatoms. The number of fused-ring (bicyclic) bond motifs is 3. The van der Waals surface area contributed by atoms with Crippen LogP contribution in [0, 0.1) is 0 Å². The van der Waals surface area contributed by atoms with E-state index in [1.54, 1.807) is 13.8 Å². The standard InChI is InChI=1S/C26H29NO10/c1-3-26(35)8-15(30)10-6-11-17(24(34)20-14(29)5-4-13(28)19(20)22(11)32)23(33)18(10)25(26)37-16-7-12(27)21(31)9(2)36-16/h4-6,9,12,15-16,21,25,28-31,33,35H,3,7-8,27H2,1-2H3/t9-,12-,15-,16-,21+,25+,26+/m0/s1. The minimum Gasteiger partial charge on any atom is -0.507 e. The molecule has 2 aromatic carbocycles. The third kappa shape index (κ3) is 3.73. The fraction of sp³-hybridized carbons (Fsp3) is 0.462. The molecule has 2 aliphatic carbocycles. The highest BCUT2D eigenvalue weighted by Crippen LogP contribution is 2.53. The Balaban J connectivity index is 1.68. The van der Waals surface area contributed by atoms with E-state index < -0.39 is 87.9 Å². The van der Waals surface area contributed by atoms with Crippen LogP contribution in [0.3, 0.4) is 0 Å². The lowest BCUT2D eigenvalue weighted by Crippen LogP contribution is -2.53. The van der Waals surface area contributed by atoms with Crippen LogP contribution in [0.4, 0.5) is 0 Å². The fourth-order valence-electron chi connectivity index (χ4n) is 5.63. The van der Waals surface area contributed by atoms with Gasteiger partial charge in [-0.2, -0.15) is 0 Å². The van der Waals surface area contributed by atoms with Crippen molar-refractivity contribution in [3.8, 4) is 17.2 Å². The Morgan fingerprint density at radius 2 is 1.70 bits per heavy atom. The molecule has 1 aliphatic heterocycles. The number of phenols is 3. The normalized spacial score (nSPS) is 33.0. The van der Waals surface area contributed by atoms with Gasteiger partial charge in [-0.25, -0.2) is 0 Å². The number of hydrogen-bond donors (Lipinski definition) is 7. The SMILES string of the molecule is CC[C@@]1(O)C[C@H](O)c2cc3c(c(O)c2[C@H]1O[C@H]1C[C@H](N)[C@H](O)[C@H](C)O1)C(=O)c1c(O)ccc(O)c1C3=O. The number of phenolic OH excluding ortho intramolecular Hbond substituents is 3. The van der Waals surface area contributed by atoms with E-state index in [2.05, 4.69) is 0 Å². The summed E-state index contributed by atoms with van der Waals surface area (Å²) in [5.41, 5.74) is 2.72. The molecule has 1 saturated heterocycles. The van der Waals surface area contributed by atoms with E-state index in [4.69, 9.17) is 15.2 Å². The van der Waals surface area contributed by atoms with Gasteiger partial charge in [0.15, 0.2) is 12.1 Å². The van der Waals surface area contributed by atoms with Gasteiger partial charge in [-0.05, 0) is 37.1 Å². The Hall–Kier alpha value is -3.06. The zero-order valence-electron chi connectivity index (χ0n) is 20.2. The number of benzene rings is 2. The lowest BCUT2D eigenvalue weighted by atomic mass is 9.71. The van der Waals surface area contributed by atoms with Crippen LogP contribution in [0.5, 0.6) is 17.2 Å². The smallest absolute Gasteiger partial charge is 0.202 e. The number of ketones is 2. The molecule has 3 aliphatic rings. The highest BCUT2D eigenvalue weighted by Gasteiger charge is 2.51. The van der Waals surface area contributed by atoms with E-state index in [0.29, 0.717) is 0 Å². The van der Waals surface area contributed by atoms with E-state index >= 15 is 0 Å². The Bertz CT molecular complexity index is 1300. The van der Waals surface area contributed by atoms with Crippen molar-refractivity contribution in [2.75, 3.05) is 0 Å². The van der Waals surface area contributed by atoms with Gasteiger partial charge < -0.3 is 45.8 Å². The molecule has 8 N–H and O–H groups in total. The largest absolute Gasteiger partial charge is 0.507 e. The fourth-order valence-corrected chi connectivity index (χ4v) is 5.63. The van der Waals surface area contributed by atoms with Gasteiger partial charge in [-0.3, -0.25) is 9.59 Å². The van der Waals surface area contributed by atoms with Crippen molar-refractivity contribution in [3.05, 3.63) is 51.6 Å². The second-order valence-corrected chi connectivity index (χ2v) is 10.0. The molecule has 11 nitrogen and oxygen atoms in total. The van der Waals surface area contributed by atoms with Gasteiger partial charge in [0.2, 0.25) is 5.78 Å². The Morgan fingerprint density at radius 3 is 2.30 bits per heavy atom. The first kappa shape index (κ1) is 25.6. The van der Waals surface area contributed by atoms with Crippen molar-refractivity contribution in [1.29, 1.82) is 0 Å². The molecule has 0 unspecified atom stereocenters. The molecule has 2 aromatic rings. The third-order valence-electron chi connectivity index (χ3n) is 7.77. The maximum absolute atomic E-state index is 13.4. The first-order valence-electron chi connectivity index (χ1n) is 12.1. The van der Waals surface area contributed by atoms with E-state index in [-0.39, 0.29) is 36.0 Å². The average Bonchev–Trinajstić information content (AvgIpc) is 2.84. The van der Waals surface area contributed by atoms with Crippen molar-refractivity contribution < 1.29 is 49.7 Å². The maximum atomic E-state index is 13.4. The number of nitrogens with two attached hydrogens (primary N) is 1. The van der Waals surface area contributed by atoms with E-state index in [1.165, 1.54) is 6.07 Å². The summed E-state index contributed by atoms with van der Waals surface area (Å²) in [5, 5.41) is 64.6. The first-order valence-corrected chi connectivity index (χ1v) is 12.1. The predicted octanol–water partition coefficient (Wildman–Crippen LogP) is 1.04. The Kier molecular flexibility index (Phi) is 6.06. The van der Waals surface area contributed by atoms with Crippen molar-refractivity contribution in [2.24, 2.45) is 5.73 Å². The third-order valence-corrected chi connectivity index (χ3v) is 7.77. The van der Waals surface area contributed by atoms with Crippen molar-refractivity contribution in [1.82, 2.24) is 0 Å². The van der Waals surface area contributed by atoms with E-state index in [1.807, 2.05) is 0 Å². The number of ether oxygens (including phenoxy) is 2. The summed E-state index contributed by atoms with van der Waals surface area (Å²) in [5.74, 6) is -3.49. The second kappa shape index (κ2) is 8.76. The van der Waals surface area contributed by atoms with Gasteiger partial charge in [0.1, 0.15) is 23.4 Å². The van der Waals surface area contributed by atoms with Crippen LogP contribution in [0.25, 0.3) is 0 Å². The molecule has 7 atom stereocenters. The number of hydrogen-bond acceptors (Lipinski definition) is 11. The van der Waals surface area contributed by atoms with Crippen LogP contribution >= 0.6 is 0 Å². The number of carbonyl (C=O) groups excluding carboxylic acids is 2. The number of aromatic hydroxyl groups is 3. The molecule has 0 radical (unpaired) electrons. The van der Waals surface area contributed by atoms with E-state index in [0.717, 1.165) is 12.1 Å². The summed E-state index contributed by atoms with van der Waals surface area (Å²) in [7, 11) is 0. The van der Waals surface area contributed by atoms with Gasteiger partial charge >= 0.3 is 0 Å². The van der Waals surface area contributed by atoms with Gasteiger partial charge in [0.05, 0.1) is 40.6 Å². The number of carbonyl (C=O) groups is 2. The number of aliphatic hydroxyl groups excluding tert-OH is 2. The zero-order chi connectivity index (χ0) is 27.0. The molecule has 37 heavy (non-hydrogen) atoms. The van der Waals surface area contributed by atoms with Gasteiger partial charge in [0, 0.05) is 30.0 Å². The van der Waals surface area contributed by atoms with Gasteiger partial charge in [-0.15, -0.1) is 0 Å². The Labute approximate surface area is 211 Å². The summed E-state index contributed by atoms with van der Waals surface area (Å²) in [6.45, 7) is 3.28. The lowest BCUT2D eigenvalue weighted by Gasteiger charge is -2.46. The van der Waals surface area contributed by atoms with Crippen LogP contribution in [-0.4, -0.2) is 72.3 Å². The molecule has 0 aromatic heterocycles. The molecular weight excluding hydrogens is 486 g/mol. The van der Waals surface area contributed by atoms with Crippen molar-refractivity contribution >= 4 is 11.6 Å². The van der Waals surface area contributed by atoms with Gasteiger partial charge in [0.25, 0.3) is 0 Å². The highest BCUT2D eigenvalue weighted by molar-refractivity contribution is 6.31. The highest BCUT2D eigenvalue weighted by atomic mass is 16.7. The summed E-state index contributed by atoms with van der Waals surface area (Å²) >= 11 is 0. The quantitative estimate of drug-likeness (QED) is 0.246. The topological polar surface area (TPSA) is 200 Å². The van der Waals surface area contributed by atoms with Crippen LogP contribution < -0.4 is 5.73 Å². The molecule has 5 rings (SSSR count). The Morgan fingerprint density at radius 1 is 1.08 bits per heavy atom. The summed E-state index contributed by atoms with van der Waals surface area (Å²) < 4.78 is 11.9. The van der Waals surface area contributed by atoms with Crippen LogP contribution in [-0.2, 0) is 9.47 Å². The second-order valence-electron chi connectivity index (χ2n) is 10.0. The zero-order valence-corrected chi connectivity index (χ0v) is 20.2. The van der Waals surface area contributed by atoms with E-state index in [9.17, 15) is 40.2 Å². The molecule has 0 saturated carbocycles. The number of rotatable bonds is 3. The van der Waals surface area contributed by atoms with Crippen molar-refractivity contribution in [2.45, 2.75) is 75.5 Å². The molecule has 1 fully saturated rings. The van der Waals surface area contributed by atoms with Gasteiger partial charge in [-0.1, -0.05) is 6.92 Å². The summed E-state index contributed by atoms with van der Waals surface area (Å²) in [6.07, 6.45) is -5.28.